The fourth-order valence-electron chi connectivity index (χ4n) is 3.73. The number of H-pyrrole nitrogens is 1. The van der Waals surface area contributed by atoms with E-state index in [1.807, 2.05) is 55.5 Å². The van der Waals surface area contributed by atoms with Crippen LogP contribution >= 0.6 is 23.2 Å². The monoisotopic (exact) mass is 505 g/mol. The fourth-order valence-corrected chi connectivity index (χ4v) is 4.28. The molecule has 5 rings (SSSR count). The molecular weight excluding hydrogens is 489 g/mol. The summed E-state index contributed by atoms with van der Waals surface area (Å²) in [4.78, 5) is 30.4. The zero-order valence-corrected chi connectivity index (χ0v) is 19.8. The Morgan fingerprint density at radius 3 is 2.40 bits per heavy atom. The number of nitrogens with two attached hydrogens (primary N) is 1. The van der Waals surface area contributed by atoms with Gasteiger partial charge in [0.05, 0.1) is 21.2 Å². The Kier molecular flexibility index (Phi) is 5.76. The van der Waals surface area contributed by atoms with Gasteiger partial charge in [0.2, 0.25) is 5.82 Å². The number of anilines is 1. The molecule has 0 spiro atoms. The number of pyridine rings is 1. The van der Waals surface area contributed by atoms with Crippen LogP contribution < -0.4 is 21.7 Å². The van der Waals surface area contributed by atoms with Crippen molar-refractivity contribution in [1.82, 2.24) is 19.7 Å². The molecule has 0 atom stereocenters. The van der Waals surface area contributed by atoms with Gasteiger partial charge in [-0.15, -0.1) is 5.10 Å². The molecule has 0 unspecified atom stereocenters. The summed E-state index contributed by atoms with van der Waals surface area (Å²) in [7, 11) is 0. The van der Waals surface area contributed by atoms with E-state index in [4.69, 9.17) is 33.7 Å². The first kappa shape index (κ1) is 22.6. The molecule has 35 heavy (non-hydrogen) atoms. The molecule has 0 saturated heterocycles. The SMILES string of the molecule is Cc1cc(-c2ccccc2)c2cc(Oc3c(Cl)cc(-n4nc(N)c(=O)[nH]c4=O)cc3Cl)ccc2n1. The standard InChI is InChI=1S/C25H17Cl2N5O3/c1-13-9-17(14-5-3-2-4-6-14)18-12-16(7-8-21(18)29-13)35-22-19(26)10-15(11-20(22)27)32-25(34)30-24(33)23(28)31-32/h2-12H,1H3,(H2,28,31)(H,30,33,34). The number of nitrogens with zero attached hydrogens (tertiary/aromatic N) is 3. The van der Waals surface area contributed by atoms with Crippen molar-refractivity contribution in [3.05, 3.63) is 103 Å². The number of aromatic nitrogens is 4. The number of aromatic amines is 1. The Hall–Kier alpha value is -4.14. The van der Waals surface area contributed by atoms with E-state index in [-0.39, 0.29) is 27.3 Å². The van der Waals surface area contributed by atoms with Gasteiger partial charge in [-0.05, 0) is 54.4 Å². The summed E-state index contributed by atoms with van der Waals surface area (Å²) in [5, 5.41) is 4.97. The van der Waals surface area contributed by atoms with Gasteiger partial charge in [0.1, 0.15) is 5.75 Å². The van der Waals surface area contributed by atoms with Gasteiger partial charge >= 0.3 is 5.69 Å². The molecule has 174 valence electrons. The largest absolute Gasteiger partial charge is 0.454 e. The predicted octanol–water partition coefficient (Wildman–Crippen LogP) is 5.13. The molecular formula is C25H17Cl2N5O3. The Bertz CT molecular complexity index is 1690. The third-order valence-electron chi connectivity index (χ3n) is 5.29. The minimum Gasteiger partial charge on any atom is -0.454 e. The molecule has 0 aliphatic heterocycles. The second-order valence-corrected chi connectivity index (χ2v) is 8.57. The summed E-state index contributed by atoms with van der Waals surface area (Å²) in [6.07, 6.45) is 0. The van der Waals surface area contributed by atoms with E-state index in [1.165, 1.54) is 12.1 Å². The van der Waals surface area contributed by atoms with Crippen molar-refractivity contribution in [3.8, 4) is 28.3 Å². The highest BCUT2D eigenvalue weighted by molar-refractivity contribution is 6.37. The van der Waals surface area contributed by atoms with Gasteiger partial charge in [0.25, 0.3) is 5.56 Å². The lowest BCUT2D eigenvalue weighted by Gasteiger charge is -2.14. The zero-order chi connectivity index (χ0) is 24.7. The Morgan fingerprint density at radius 2 is 1.69 bits per heavy atom. The van der Waals surface area contributed by atoms with Crippen molar-refractivity contribution in [1.29, 1.82) is 0 Å². The van der Waals surface area contributed by atoms with E-state index in [1.54, 1.807) is 6.07 Å². The Labute approximate surface area is 208 Å². The molecule has 10 heteroatoms. The molecule has 5 aromatic rings. The number of benzene rings is 3. The van der Waals surface area contributed by atoms with E-state index in [0.29, 0.717) is 5.75 Å². The minimum atomic E-state index is -0.782. The van der Waals surface area contributed by atoms with Gasteiger partial charge in [0.15, 0.2) is 5.75 Å². The summed E-state index contributed by atoms with van der Waals surface area (Å²) in [5.41, 5.74) is 7.99. The number of rotatable bonds is 4. The van der Waals surface area contributed by atoms with Crippen LogP contribution in [0.2, 0.25) is 10.0 Å². The first-order valence-electron chi connectivity index (χ1n) is 10.4. The first-order valence-corrected chi connectivity index (χ1v) is 11.2. The molecule has 0 saturated carbocycles. The maximum atomic E-state index is 12.2. The van der Waals surface area contributed by atoms with Crippen LogP contribution in [0.25, 0.3) is 27.7 Å². The van der Waals surface area contributed by atoms with Crippen molar-refractivity contribution >= 4 is 39.9 Å². The van der Waals surface area contributed by atoms with Crippen molar-refractivity contribution in [2.24, 2.45) is 0 Å². The highest BCUT2D eigenvalue weighted by Gasteiger charge is 2.15. The average molecular weight is 506 g/mol. The van der Waals surface area contributed by atoms with Gasteiger partial charge in [-0.3, -0.25) is 14.8 Å². The van der Waals surface area contributed by atoms with Crippen LogP contribution in [0, 0.1) is 6.92 Å². The molecule has 0 fully saturated rings. The molecule has 2 heterocycles. The van der Waals surface area contributed by atoms with Crippen molar-refractivity contribution in [2.75, 3.05) is 5.73 Å². The highest BCUT2D eigenvalue weighted by atomic mass is 35.5. The van der Waals surface area contributed by atoms with Crippen LogP contribution in [0.1, 0.15) is 5.69 Å². The van der Waals surface area contributed by atoms with Crippen LogP contribution in [0.3, 0.4) is 0 Å². The van der Waals surface area contributed by atoms with Crippen LogP contribution in [-0.4, -0.2) is 19.7 Å². The maximum absolute atomic E-state index is 12.2. The lowest BCUT2D eigenvalue weighted by molar-refractivity contribution is 0.483. The van der Waals surface area contributed by atoms with Gasteiger partial charge in [0, 0.05) is 11.1 Å². The molecule has 0 aliphatic carbocycles. The second-order valence-electron chi connectivity index (χ2n) is 7.75. The van der Waals surface area contributed by atoms with Gasteiger partial charge in [-0.25, -0.2) is 4.79 Å². The summed E-state index contributed by atoms with van der Waals surface area (Å²) < 4.78 is 6.95. The van der Waals surface area contributed by atoms with Crippen LogP contribution in [-0.2, 0) is 0 Å². The lowest BCUT2D eigenvalue weighted by Crippen LogP contribution is -2.33. The number of fused-ring (bicyclic) bond motifs is 1. The topological polar surface area (TPSA) is 116 Å². The third kappa shape index (κ3) is 4.37. The summed E-state index contributed by atoms with van der Waals surface area (Å²) in [6.45, 7) is 1.95. The predicted molar refractivity (Wildman–Crippen MR) is 137 cm³/mol. The van der Waals surface area contributed by atoms with Gasteiger partial charge < -0.3 is 10.5 Å². The van der Waals surface area contributed by atoms with Crippen LogP contribution in [0.5, 0.6) is 11.5 Å². The van der Waals surface area contributed by atoms with Crippen LogP contribution in [0.15, 0.2) is 76.3 Å². The van der Waals surface area contributed by atoms with E-state index in [9.17, 15) is 9.59 Å². The van der Waals surface area contributed by atoms with Gasteiger partial charge in [-0.2, -0.15) is 4.68 Å². The molecule has 0 amide bonds. The van der Waals surface area contributed by atoms with Crippen LogP contribution in [0.4, 0.5) is 5.82 Å². The van der Waals surface area contributed by atoms with E-state index in [0.717, 1.165) is 32.4 Å². The number of nitrogen functional groups attached to an aromatic ring is 1. The quantitative estimate of drug-likeness (QED) is 0.349. The van der Waals surface area contributed by atoms with E-state index < -0.39 is 11.2 Å². The molecule has 0 aliphatic rings. The van der Waals surface area contributed by atoms with Gasteiger partial charge in [-0.1, -0.05) is 53.5 Å². The second kappa shape index (κ2) is 8.90. The highest BCUT2D eigenvalue weighted by Crippen LogP contribution is 2.39. The molecule has 0 radical (unpaired) electrons. The number of nitrogens with one attached hydrogen (secondary N) is 1. The molecule has 2 aromatic heterocycles. The maximum Gasteiger partial charge on any atom is 0.349 e. The number of halogens is 2. The third-order valence-corrected chi connectivity index (χ3v) is 5.86. The normalized spacial score (nSPS) is 11.1. The fraction of sp³-hybridized carbons (Fsp3) is 0.0400. The zero-order valence-electron chi connectivity index (χ0n) is 18.3. The average Bonchev–Trinajstić information content (AvgIpc) is 2.83. The lowest BCUT2D eigenvalue weighted by atomic mass is 10.00. The minimum absolute atomic E-state index is 0.136. The molecule has 3 N–H and O–H groups in total. The summed E-state index contributed by atoms with van der Waals surface area (Å²) in [6, 6.07) is 20.4. The van der Waals surface area contributed by atoms with E-state index in [2.05, 4.69) is 15.1 Å². The number of hydrogen-bond donors (Lipinski definition) is 2. The molecule has 3 aromatic carbocycles. The van der Waals surface area contributed by atoms with Crippen molar-refractivity contribution < 1.29 is 4.74 Å². The number of ether oxygens (including phenoxy) is 1. The number of hydrogen-bond acceptors (Lipinski definition) is 6. The smallest absolute Gasteiger partial charge is 0.349 e. The molecule has 0 bridgehead atoms. The van der Waals surface area contributed by atoms with Crippen molar-refractivity contribution in [2.45, 2.75) is 6.92 Å². The first-order chi connectivity index (χ1) is 16.8. The summed E-state index contributed by atoms with van der Waals surface area (Å²) in [5.74, 6) is 0.329. The summed E-state index contributed by atoms with van der Waals surface area (Å²) >= 11 is 12.9. The van der Waals surface area contributed by atoms with E-state index >= 15 is 0 Å². The number of aryl methyl sites for hydroxylation is 1. The molecule has 8 nitrogen and oxygen atoms in total. The van der Waals surface area contributed by atoms with Crippen molar-refractivity contribution in [3.63, 3.8) is 0 Å². The Balaban J connectivity index is 1.56. The Morgan fingerprint density at radius 1 is 0.971 bits per heavy atom.